The summed E-state index contributed by atoms with van der Waals surface area (Å²) in [4.78, 5) is 26.8. The number of hydrogen-bond acceptors (Lipinski definition) is 4. The van der Waals surface area contributed by atoms with Crippen molar-refractivity contribution in [2.45, 2.75) is 13.2 Å². The fraction of sp³-hybridized carbons (Fsp3) is 0.0833. The Morgan fingerprint density at radius 2 is 1.69 bits per heavy atom. The van der Waals surface area contributed by atoms with Gasteiger partial charge in [0.25, 0.3) is 11.1 Å². The molecule has 8 heteroatoms. The third-order valence-electron chi connectivity index (χ3n) is 4.71. The number of rotatable bonds is 6. The van der Waals surface area contributed by atoms with Gasteiger partial charge in [-0.25, -0.2) is 0 Å². The molecule has 0 saturated carbocycles. The zero-order valence-electron chi connectivity index (χ0n) is 16.6. The van der Waals surface area contributed by atoms with E-state index in [1.807, 2.05) is 54.6 Å². The molecule has 0 aliphatic carbocycles. The van der Waals surface area contributed by atoms with Crippen LogP contribution in [0.2, 0.25) is 10.0 Å². The Labute approximate surface area is 213 Å². The van der Waals surface area contributed by atoms with Crippen LogP contribution in [0.4, 0.5) is 4.79 Å². The van der Waals surface area contributed by atoms with Crippen molar-refractivity contribution in [3.05, 3.63) is 102 Å². The highest BCUT2D eigenvalue weighted by molar-refractivity contribution is 14.1. The maximum Gasteiger partial charge on any atom is 0.293 e. The average Bonchev–Trinajstić information content (AvgIpc) is 3.03. The summed E-state index contributed by atoms with van der Waals surface area (Å²) in [6, 6.07) is 20.3. The van der Waals surface area contributed by atoms with E-state index >= 15 is 0 Å². The third kappa shape index (κ3) is 5.67. The molecule has 0 radical (unpaired) electrons. The zero-order chi connectivity index (χ0) is 22.7. The molecule has 0 unspecified atom stereocenters. The van der Waals surface area contributed by atoms with Crippen molar-refractivity contribution in [2.75, 3.05) is 0 Å². The topological polar surface area (TPSA) is 46.6 Å². The lowest BCUT2D eigenvalue weighted by molar-refractivity contribution is -0.123. The number of carbonyl (C=O) groups excluding carboxylic acids is 2. The standard InChI is InChI=1S/C24H16Cl2INO3S/c25-18-6-5-17(21(26)12-18)14-31-20-9-3-15(4-10-20)11-22-23(29)28(24(30)32-22)13-16-1-7-19(27)8-2-16/h1-12H,13-14H2/b22-11+. The number of halogens is 3. The molecule has 1 aliphatic heterocycles. The van der Waals surface area contributed by atoms with Gasteiger partial charge in [-0.05, 0) is 88.0 Å². The fourth-order valence-electron chi connectivity index (χ4n) is 3.02. The van der Waals surface area contributed by atoms with Gasteiger partial charge in [0.2, 0.25) is 0 Å². The van der Waals surface area contributed by atoms with Crippen molar-refractivity contribution in [2.24, 2.45) is 0 Å². The highest BCUT2D eigenvalue weighted by atomic mass is 127. The molecule has 3 aromatic rings. The molecule has 162 valence electrons. The van der Waals surface area contributed by atoms with Gasteiger partial charge >= 0.3 is 0 Å². The normalized spacial score (nSPS) is 15.0. The summed E-state index contributed by atoms with van der Waals surface area (Å²) in [5, 5.41) is 0.862. The van der Waals surface area contributed by atoms with Gasteiger partial charge in [-0.15, -0.1) is 0 Å². The molecule has 0 atom stereocenters. The molecule has 1 fully saturated rings. The van der Waals surface area contributed by atoms with Crippen LogP contribution >= 0.6 is 57.6 Å². The average molecular weight is 596 g/mol. The SMILES string of the molecule is O=C1S/C(=C/c2ccc(OCc3ccc(Cl)cc3Cl)cc2)C(=O)N1Cc1ccc(I)cc1. The van der Waals surface area contributed by atoms with E-state index in [0.29, 0.717) is 27.3 Å². The minimum Gasteiger partial charge on any atom is -0.489 e. The van der Waals surface area contributed by atoms with Gasteiger partial charge in [0.05, 0.1) is 11.4 Å². The van der Waals surface area contributed by atoms with E-state index < -0.39 is 0 Å². The number of hydrogen-bond donors (Lipinski definition) is 0. The predicted octanol–water partition coefficient (Wildman–Crippen LogP) is 7.41. The Balaban J connectivity index is 1.40. The molecule has 0 aromatic heterocycles. The predicted molar refractivity (Wildman–Crippen MR) is 138 cm³/mol. The van der Waals surface area contributed by atoms with Crippen LogP contribution in [0.3, 0.4) is 0 Å². The van der Waals surface area contributed by atoms with E-state index in [1.54, 1.807) is 18.2 Å². The van der Waals surface area contributed by atoms with Crippen molar-refractivity contribution in [1.29, 1.82) is 0 Å². The quantitative estimate of drug-likeness (QED) is 0.220. The van der Waals surface area contributed by atoms with Gasteiger partial charge in [-0.1, -0.05) is 53.5 Å². The van der Waals surface area contributed by atoms with Crippen LogP contribution in [-0.2, 0) is 17.9 Å². The second-order valence-corrected chi connectivity index (χ2v) is 10.1. The Hall–Kier alpha value is -2.00. The molecule has 3 aromatic carbocycles. The van der Waals surface area contributed by atoms with Gasteiger partial charge in [0, 0.05) is 19.2 Å². The molecular formula is C24H16Cl2INO3S. The van der Waals surface area contributed by atoms with Crippen LogP contribution in [-0.4, -0.2) is 16.0 Å². The molecule has 32 heavy (non-hydrogen) atoms. The van der Waals surface area contributed by atoms with Crippen LogP contribution in [0.25, 0.3) is 6.08 Å². The Bertz CT molecular complexity index is 1200. The first-order valence-electron chi connectivity index (χ1n) is 9.55. The summed E-state index contributed by atoms with van der Waals surface area (Å²) in [6.07, 6.45) is 1.72. The van der Waals surface area contributed by atoms with E-state index in [2.05, 4.69) is 22.6 Å². The molecule has 1 aliphatic rings. The van der Waals surface area contributed by atoms with E-state index in [9.17, 15) is 9.59 Å². The highest BCUT2D eigenvalue weighted by Crippen LogP contribution is 2.33. The van der Waals surface area contributed by atoms with Crippen LogP contribution in [0, 0.1) is 3.57 Å². The number of amides is 2. The van der Waals surface area contributed by atoms with Crippen LogP contribution in [0.5, 0.6) is 5.75 Å². The first kappa shape index (κ1) is 23.2. The number of imide groups is 1. The number of carbonyl (C=O) groups is 2. The number of thioether (sulfide) groups is 1. The van der Waals surface area contributed by atoms with E-state index in [4.69, 9.17) is 27.9 Å². The summed E-state index contributed by atoms with van der Waals surface area (Å²) in [5.74, 6) is 0.385. The molecule has 0 spiro atoms. The smallest absolute Gasteiger partial charge is 0.293 e. The Kier molecular flexibility index (Phi) is 7.45. The minimum absolute atomic E-state index is 0.263. The molecule has 1 saturated heterocycles. The summed E-state index contributed by atoms with van der Waals surface area (Å²) >= 11 is 15.3. The van der Waals surface area contributed by atoms with Crippen molar-refractivity contribution in [3.8, 4) is 5.75 Å². The van der Waals surface area contributed by atoms with Crippen LogP contribution in [0.1, 0.15) is 16.7 Å². The first-order chi connectivity index (χ1) is 15.4. The van der Waals surface area contributed by atoms with Gasteiger partial charge < -0.3 is 4.74 Å². The van der Waals surface area contributed by atoms with Crippen molar-refractivity contribution >= 4 is 74.8 Å². The van der Waals surface area contributed by atoms with E-state index in [-0.39, 0.29) is 17.7 Å². The Morgan fingerprint density at radius 3 is 2.38 bits per heavy atom. The minimum atomic E-state index is -0.281. The van der Waals surface area contributed by atoms with E-state index in [1.165, 1.54) is 4.90 Å². The maximum absolute atomic E-state index is 12.7. The van der Waals surface area contributed by atoms with Crippen LogP contribution in [0.15, 0.2) is 71.6 Å². The maximum atomic E-state index is 12.7. The van der Waals surface area contributed by atoms with Crippen molar-refractivity contribution in [3.63, 3.8) is 0 Å². The molecule has 4 nitrogen and oxygen atoms in total. The summed E-state index contributed by atoms with van der Waals surface area (Å²) in [6.45, 7) is 0.575. The van der Waals surface area contributed by atoms with Crippen LogP contribution < -0.4 is 4.74 Å². The lowest BCUT2D eigenvalue weighted by atomic mass is 10.2. The molecule has 1 heterocycles. The van der Waals surface area contributed by atoms with Gasteiger partial charge in [-0.2, -0.15) is 0 Å². The van der Waals surface area contributed by atoms with Gasteiger partial charge in [0.15, 0.2) is 0 Å². The Morgan fingerprint density at radius 1 is 0.969 bits per heavy atom. The molecule has 0 N–H and O–H groups in total. The number of nitrogens with zero attached hydrogens (tertiary/aromatic N) is 1. The molecule has 2 amide bonds. The second-order valence-electron chi connectivity index (χ2n) is 6.99. The van der Waals surface area contributed by atoms with Gasteiger partial charge in [0.1, 0.15) is 12.4 Å². The lowest BCUT2D eigenvalue weighted by Crippen LogP contribution is -2.27. The molecular weight excluding hydrogens is 580 g/mol. The van der Waals surface area contributed by atoms with E-state index in [0.717, 1.165) is 32.0 Å². The zero-order valence-corrected chi connectivity index (χ0v) is 21.0. The monoisotopic (exact) mass is 595 g/mol. The summed E-state index contributed by atoms with van der Waals surface area (Å²) in [7, 11) is 0. The largest absolute Gasteiger partial charge is 0.489 e. The first-order valence-corrected chi connectivity index (χ1v) is 12.2. The van der Waals surface area contributed by atoms with Crippen molar-refractivity contribution < 1.29 is 14.3 Å². The summed E-state index contributed by atoms with van der Waals surface area (Å²) in [5.41, 5.74) is 2.56. The second kappa shape index (κ2) is 10.3. The highest BCUT2D eigenvalue weighted by Gasteiger charge is 2.34. The third-order valence-corrected chi connectivity index (χ3v) is 6.93. The lowest BCUT2D eigenvalue weighted by Gasteiger charge is -2.12. The number of ether oxygens (including phenoxy) is 1. The fourth-order valence-corrected chi connectivity index (χ4v) is 4.68. The van der Waals surface area contributed by atoms with Gasteiger partial charge in [-0.3, -0.25) is 14.5 Å². The summed E-state index contributed by atoms with van der Waals surface area (Å²) < 4.78 is 6.89. The molecule has 4 rings (SSSR count). The van der Waals surface area contributed by atoms with Crippen molar-refractivity contribution in [1.82, 2.24) is 4.90 Å². The molecule has 0 bridgehead atoms. The number of benzene rings is 3.